The van der Waals surface area contributed by atoms with Crippen LogP contribution in [0.3, 0.4) is 0 Å². The molecule has 0 bridgehead atoms. The van der Waals surface area contributed by atoms with E-state index >= 15 is 0 Å². The minimum absolute atomic E-state index is 0.000981. The third-order valence-corrected chi connectivity index (χ3v) is 19.0. The number of esters is 1. The summed E-state index contributed by atoms with van der Waals surface area (Å²) in [5.74, 6) is -10.8. The zero-order chi connectivity index (χ0) is 50.8. The number of hydrogen-bond acceptors (Lipinski definition) is 18. The molecular weight excluding hydrogens is 916 g/mol. The first-order valence-electron chi connectivity index (χ1n) is 23.9. The topological polar surface area (TPSA) is 352 Å². The number of carbonyl (C=O) groups excluding carboxylic acids is 1. The minimum atomic E-state index is -3.36. The summed E-state index contributed by atoms with van der Waals surface area (Å²) in [7, 11) is 0. The fourth-order valence-electron chi connectivity index (χ4n) is 14.8. The molecule has 0 spiro atoms. The summed E-state index contributed by atoms with van der Waals surface area (Å²) in [6.07, 6.45) is -13.5. The van der Waals surface area contributed by atoms with E-state index in [1.165, 1.54) is 0 Å². The molecule has 3 saturated heterocycles. The van der Waals surface area contributed by atoms with Crippen molar-refractivity contribution in [3.05, 3.63) is 11.6 Å². The summed E-state index contributed by atoms with van der Waals surface area (Å²) in [5.41, 5.74) is -3.22. The van der Waals surface area contributed by atoms with Gasteiger partial charge in [0.15, 0.2) is 12.4 Å². The van der Waals surface area contributed by atoms with Crippen molar-refractivity contribution in [2.24, 2.45) is 50.2 Å². The largest absolute Gasteiger partial charge is 0.481 e. The maximum absolute atomic E-state index is 14.7. The Morgan fingerprint density at radius 3 is 2.04 bits per heavy atom. The Morgan fingerprint density at radius 1 is 0.739 bits per heavy atom. The Labute approximate surface area is 397 Å². The maximum atomic E-state index is 14.7. The molecule has 8 rings (SSSR count). The van der Waals surface area contributed by atoms with Crippen LogP contribution in [-0.4, -0.2) is 174 Å². The molecule has 388 valence electrons. The number of fused-ring (bicyclic) bond motifs is 8. The average molecular weight is 985 g/mol. The van der Waals surface area contributed by atoms with Crippen LogP contribution >= 0.6 is 0 Å². The standard InChI is InChI=1S/C47H68O22/c1-41(2)23-9-12-45(6)24(43(23,4)11-10-25(41)65-36-30(54)31-32(33(66-36)34(55)56)69-47(62,38(59)60)40(67-31)63-19-26(49)50)8-7-20-21-17-42(3,37(57)58)13-15-46(21,16-14-44(20,45)5)39(61)68-35-29(53)28(52)27(51)22(18-48)64-35/h7,21-25,27-33,35-36,40,48,51-54,62H,8-19H2,1-6H3,(H,49,50)(H,55,56)(H,57,58)(H,59,60)/t21-,22+,23-,24+,25-,27+,28-,29+,30+,31+,32+,33-,35-,36+,40-,42-,43-,44+,45+,46-,47-/m0/s1. The van der Waals surface area contributed by atoms with Gasteiger partial charge in [0, 0.05) is 0 Å². The Balaban J connectivity index is 1.05. The van der Waals surface area contributed by atoms with Crippen molar-refractivity contribution < 1.29 is 108 Å². The molecule has 0 aromatic carbocycles. The van der Waals surface area contributed by atoms with Gasteiger partial charge >= 0.3 is 35.6 Å². The van der Waals surface area contributed by atoms with Crippen LogP contribution in [0.4, 0.5) is 0 Å². The van der Waals surface area contributed by atoms with E-state index in [9.17, 15) is 69.9 Å². The molecule has 22 heteroatoms. The molecular formula is C47H68O22. The van der Waals surface area contributed by atoms with Crippen LogP contribution in [0.5, 0.6) is 0 Å². The number of carbonyl (C=O) groups is 5. The Kier molecular flexibility index (Phi) is 13.3. The number of rotatable bonds is 11. The predicted molar refractivity (Wildman–Crippen MR) is 228 cm³/mol. The van der Waals surface area contributed by atoms with Crippen molar-refractivity contribution in [2.45, 2.75) is 185 Å². The number of aliphatic hydroxyl groups excluding tert-OH is 5. The predicted octanol–water partition coefficient (Wildman–Crippen LogP) is 0.736. The number of hydrogen-bond donors (Lipinski definition) is 10. The normalized spacial score (nSPS) is 50.1. The van der Waals surface area contributed by atoms with E-state index in [0.29, 0.717) is 38.5 Å². The van der Waals surface area contributed by atoms with Gasteiger partial charge in [-0.3, -0.25) is 9.59 Å². The Bertz CT molecular complexity index is 2100. The Morgan fingerprint density at radius 2 is 1.42 bits per heavy atom. The van der Waals surface area contributed by atoms with Crippen molar-refractivity contribution in [1.82, 2.24) is 0 Å². The van der Waals surface area contributed by atoms with Gasteiger partial charge in [0.25, 0.3) is 0 Å². The highest BCUT2D eigenvalue weighted by molar-refractivity contribution is 5.81. The van der Waals surface area contributed by atoms with E-state index in [4.69, 9.17) is 38.3 Å². The van der Waals surface area contributed by atoms with E-state index in [0.717, 1.165) is 12.0 Å². The van der Waals surface area contributed by atoms with Gasteiger partial charge in [-0.25, -0.2) is 14.4 Å². The van der Waals surface area contributed by atoms with Gasteiger partial charge < -0.3 is 84.2 Å². The maximum Gasteiger partial charge on any atom is 0.369 e. The van der Waals surface area contributed by atoms with E-state index in [-0.39, 0.29) is 41.9 Å². The molecule has 3 heterocycles. The third kappa shape index (κ3) is 7.85. The molecule has 0 aromatic heterocycles. The highest BCUT2D eigenvalue weighted by atomic mass is 16.8. The number of ether oxygens (including phenoxy) is 7. The molecule has 21 atom stereocenters. The van der Waals surface area contributed by atoms with Gasteiger partial charge in [-0.05, 0) is 111 Å². The second kappa shape index (κ2) is 17.7. The van der Waals surface area contributed by atoms with Crippen LogP contribution in [-0.2, 0) is 57.1 Å². The molecule has 10 N–H and O–H groups in total. The van der Waals surface area contributed by atoms with Gasteiger partial charge in [0.1, 0.15) is 49.3 Å². The second-order valence-corrected chi connectivity index (χ2v) is 22.6. The second-order valence-electron chi connectivity index (χ2n) is 22.6. The number of carboxylic acid groups (broad SMARTS) is 4. The number of aliphatic carboxylic acids is 4. The number of aliphatic hydroxyl groups is 6. The minimum Gasteiger partial charge on any atom is -0.481 e. The first-order chi connectivity index (χ1) is 32.1. The molecule has 5 aliphatic carbocycles. The highest BCUT2D eigenvalue weighted by Gasteiger charge is 2.71. The van der Waals surface area contributed by atoms with E-state index < -0.39 is 150 Å². The molecule has 8 aliphatic rings. The fraction of sp³-hybridized carbons (Fsp3) is 0.851. The lowest BCUT2D eigenvalue weighted by molar-refractivity contribution is -0.435. The molecule has 7 fully saturated rings. The van der Waals surface area contributed by atoms with Crippen molar-refractivity contribution >= 4 is 29.8 Å². The van der Waals surface area contributed by atoms with Crippen LogP contribution in [0.1, 0.15) is 106 Å². The Hall–Kier alpha value is -3.39. The summed E-state index contributed by atoms with van der Waals surface area (Å²) >= 11 is 0. The van der Waals surface area contributed by atoms with Gasteiger partial charge in [0.05, 0.1) is 23.5 Å². The van der Waals surface area contributed by atoms with Crippen LogP contribution in [0.25, 0.3) is 0 Å². The summed E-state index contributed by atoms with van der Waals surface area (Å²) in [6, 6.07) is 0. The molecule has 0 radical (unpaired) electrons. The van der Waals surface area contributed by atoms with E-state index in [1.54, 1.807) is 6.92 Å². The molecule has 4 saturated carbocycles. The lowest BCUT2D eigenvalue weighted by atomic mass is 9.33. The highest BCUT2D eigenvalue weighted by Crippen LogP contribution is 2.76. The summed E-state index contributed by atoms with van der Waals surface area (Å²) < 4.78 is 39.7. The molecule has 69 heavy (non-hydrogen) atoms. The lowest BCUT2D eigenvalue weighted by Gasteiger charge is -2.71. The van der Waals surface area contributed by atoms with Crippen LogP contribution in [0.2, 0.25) is 0 Å². The number of carboxylic acids is 4. The third-order valence-electron chi connectivity index (χ3n) is 19.0. The van der Waals surface area contributed by atoms with Crippen LogP contribution in [0.15, 0.2) is 11.6 Å². The smallest absolute Gasteiger partial charge is 0.369 e. The first kappa shape index (κ1) is 51.9. The van der Waals surface area contributed by atoms with Gasteiger partial charge in [-0.15, -0.1) is 0 Å². The van der Waals surface area contributed by atoms with Gasteiger partial charge in [-0.2, -0.15) is 0 Å². The van der Waals surface area contributed by atoms with Gasteiger partial charge in [-0.1, -0.05) is 46.3 Å². The van der Waals surface area contributed by atoms with Crippen LogP contribution < -0.4 is 0 Å². The van der Waals surface area contributed by atoms with Crippen LogP contribution in [0, 0.1) is 50.2 Å². The molecule has 0 amide bonds. The van der Waals surface area contributed by atoms with Crippen molar-refractivity contribution in [2.75, 3.05) is 13.2 Å². The summed E-state index contributed by atoms with van der Waals surface area (Å²) in [6.45, 7) is 10.7. The van der Waals surface area contributed by atoms with Crippen molar-refractivity contribution in [3.63, 3.8) is 0 Å². The number of allylic oxidation sites excluding steroid dienone is 2. The quantitative estimate of drug-likeness (QED) is 0.0775. The van der Waals surface area contributed by atoms with Crippen molar-refractivity contribution in [3.8, 4) is 0 Å². The summed E-state index contributed by atoms with van der Waals surface area (Å²) in [4.78, 5) is 63.6. The average Bonchev–Trinajstić information content (AvgIpc) is 3.27. The molecule has 3 aliphatic heterocycles. The zero-order valence-corrected chi connectivity index (χ0v) is 39.6. The monoisotopic (exact) mass is 984 g/mol. The summed E-state index contributed by atoms with van der Waals surface area (Å²) in [5, 5.41) is 104. The van der Waals surface area contributed by atoms with Gasteiger partial charge in [0.2, 0.25) is 12.6 Å². The first-order valence-corrected chi connectivity index (χ1v) is 23.9. The molecule has 0 aromatic rings. The lowest BCUT2D eigenvalue weighted by Crippen LogP contribution is -2.72. The molecule has 0 unspecified atom stereocenters. The SMILES string of the molecule is CC1(C)[C@@H](O[C@@H]2O[C@H](C(=O)O)[C@@H]3O[C@@](O)(C(=O)O)[C@@H](OCC(=O)O)O[C@@H]3[C@H]2O)CC[C@]2(C)[C@H]3CC=C4[C@@H]5C[C@@](C)(C(=O)O)CC[C@]5(C(=O)O[C@@H]5O[C@H](CO)[C@@H](O)[C@H](O)[C@H]5O)CC[C@@]4(C)[C@]3(C)CC[C@@H]12. The van der Waals surface area contributed by atoms with Crippen molar-refractivity contribution in [1.29, 1.82) is 0 Å². The zero-order valence-electron chi connectivity index (χ0n) is 39.6. The fourth-order valence-corrected chi connectivity index (χ4v) is 14.8. The molecule has 22 nitrogen and oxygen atoms in total. The van der Waals surface area contributed by atoms with E-state index in [2.05, 4.69) is 40.7 Å². The van der Waals surface area contributed by atoms with E-state index in [1.807, 2.05) is 0 Å².